The number of hydrogen-bond acceptors (Lipinski definition) is 7. The number of carbonyl (C=O) groups excluding carboxylic acids is 3. The van der Waals surface area contributed by atoms with E-state index in [1.165, 1.54) is 19.9 Å². The lowest BCUT2D eigenvalue weighted by Crippen LogP contribution is -2.49. The molecular weight excluding hydrogens is 400 g/mol. The summed E-state index contributed by atoms with van der Waals surface area (Å²) in [5, 5.41) is 0. The lowest BCUT2D eigenvalue weighted by molar-refractivity contribution is -0.222. The van der Waals surface area contributed by atoms with E-state index < -0.39 is 23.3 Å². The Labute approximate surface area is 182 Å². The van der Waals surface area contributed by atoms with E-state index in [2.05, 4.69) is 4.90 Å². The zero-order valence-corrected chi connectivity index (χ0v) is 18.8. The molecule has 2 heterocycles. The van der Waals surface area contributed by atoms with Gasteiger partial charge in [-0.15, -0.1) is 0 Å². The fourth-order valence-corrected chi connectivity index (χ4v) is 3.40. The van der Waals surface area contributed by atoms with Gasteiger partial charge in [0.15, 0.2) is 0 Å². The summed E-state index contributed by atoms with van der Waals surface area (Å²) in [6, 6.07) is 7.61. The largest absolute Gasteiger partial charge is 0.444 e. The van der Waals surface area contributed by atoms with Crippen LogP contribution in [0.5, 0.6) is 0 Å². The molecule has 2 fully saturated rings. The maximum Gasteiger partial charge on any atom is 0.410 e. The van der Waals surface area contributed by atoms with Crippen molar-refractivity contribution in [2.45, 2.75) is 52.6 Å². The van der Waals surface area contributed by atoms with Crippen LogP contribution in [0.2, 0.25) is 0 Å². The number of nitrogens with zero attached hydrogens (tertiary/aromatic N) is 2. The molecule has 0 bridgehead atoms. The molecule has 0 atom stereocenters. The zero-order valence-electron chi connectivity index (χ0n) is 18.8. The minimum Gasteiger partial charge on any atom is -0.444 e. The minimum absolute atomic E-state index is 0.123. The lowest BCUT2D eigenvalue weighted by atomic mass is 10.1. The number of hydrogen-bond donors (Lipinski definition) is 0. The van der Waals surface area contributed by atoms with Crippen molar-refractivity contribution in [3.8, 4) is 0 Å². The smallest absolute Gasteiger partial charge is 0.410 e. The van der Waals surface area contributed by atoms with E-state index in [0.29, 0.717) is 25.2 Å². The Morgan fingerprint density at radius 3 is 2.29 bits per heavy atom. The van der Waals surface area contributed by atoms with Crippen molar-refractivity contribution in [2.24, 2.45) is 0 Å². The van der Waals surface area contributed by atoms with Gasteiger partial charge in [-0.2, -0.15) is 0 Å². The van der Waals surface area contributed by atoms with Gasteiger partial charge in [0.05, 0.1) is 0 Å². The Balaban J connectivity index is 1.60. The summed E-state index contributed by atoms with van der Waals surface area (Å²) in [5.41, 5.74) is 1.13. The van der Waals surface area contributed by atoms with Gasteiger partial charge < -0.3 is 19.1 Å². The number of benzene rings is 1. The predicted octanol–water partition coefficient (Wildman–Crippen LogP) is 2.96. The zero-order chi connectivity index (χ0) is 22.8. The van der Waals surface area contributed by atoms with Crippen LogP contribution in [0.1, 0.15) is 45.7 Å². The normalized spacial score (nSPS) is 19.5. The Morgan fingerprint density at radius 2 is 1.71 bits per heavy atom. The molecule has 8 heteroatoms. The van der Waals surface area contributed by atoms with Gasteiger partial charge in [-0.3, -0.25) is 4.90 Å². The number of esters is 2. The molecule has 31 heavy (non-hydrogen) atoms. The molecule has 1 amide bonds. The van der Waals surface area contributed by atoms with E-state index >= 15 is 0 Å². The third kappa shape index (κ3) is 6.30. The molecule has 1 aromatic rings. The standard InChI is InChI=1S/C23H30N2O6/c1-22(2,3)31-21(28)25-11-9-24(10-12-25)15-17-8-6-7-16(13-17)14-18-19(26)29-23(4,5)30-20(18)27/h6-8,13-14H,9-12,15H2,1-5H3. The van der Waals surface area contributed by atoms with Crippen molar-refractivity contribution >= 4 is 24.1 Å². The first-order valence-electron chi connectivity index (χ1n) is 10.4. The van der Waals surface area contributed by atoms with E-state index in [1.807, 2.05) is 45.0 Å². The Kier molecular flexibility index (Phi) is 6.40. The highest BCUT2D eigenvalue weighted by atomic mass is 16.7. The third-order valence-corrected chi connectivity index (χ3v) is 4.81. The molecule has 2 aliphatic rings. The van der Waals surface area contributed by atoms with Gasteiger partial charge in [0, 0.05) is 46.6 Å². The van der Waals surface area contributed by atoms with Crippen LogP contribution in [0.4, 0.5) is 4.79 Å². The first-order valence-corrected chi connectivity index (χ1v) is 10.4. The number of rotatable bonds is 3. The van der Waals surface area contributed by atoms with Crippen LogP contribution in [0.15, 0.2) is 29.8 Å². The van der Waals surface area contributed by atoms with Gasteiger partial charge in [0.25, 0.3) is 5.79 Å². The van der Waals surface area contributed by atoms with Crippen molar-refractivity contribution in [3.63, 3.8) is 0 Å². The van der Waals surface area contributed by atoms with Gasteiger partial charge in [0.1, 0.15) is 11.2 Å². The summed E-state index contributed by atoms with van der Waals surface area (Å²) in [6.07, 6.45) is 1.21. The highest BCUT2D eigenvalue weighted by Gasteiger charge is 2.38. The quantitative estimate of drug-likeness (QED) is 0.414. The Morgan fingerprint density at radius 1 is 1.10 bits per heavy atom. The number of cyclic esters (lactones) is 2. The maximum absolute atomic E-state index is 12.2. The van der Waals surface area contributed by atoms with Crippen molar-refractivity contribution in [3.05, 3.63) is 41.0 Å². The molecule has 0 unspecified atom stereocenters. The van der Waals surface area contributed by atoms with Crippen molar-refractivity contribution in [2.75, 3.05) is 26.2 Å². The van der Waals surface area contributed by atoms with Gasteiger partial charge in [0.2, 0.25) is 0 Å². The van der Waals surface area contributed by atoms with Crippen LogP contribution < -0.4 is 0 Å². The molecule has 3 rings (SSSR count). The van der Waals surface area contributed by atoms with Crippen molar-refractivity contribution in [1.82, 2.24) is 9.80 Å². The highest BCUT2D eigenvalue weighted by molar-refractivity contribution is 6.18. The summed E-state index contributed by atoms with van der Waals surface area (Å²) in [6.45, 7) is 12.0. The molecule has 0 spiro atoms. The van der Waals surface area contributed by atoms with Gasteiger partial charge in [-0.25, -0.2) is 14.4 Å². The monoisotopic (exact) mass is 430 g/mol. The molecule has 2 saturated heterocycles. The van der Waals surface area contributed by atoms with E-state index in [0.717, 1.165) is 18.7 Å². The average Bonchev–Trinajstić information content (AvgIpc) is 2.63. The summed E-state index contributed by atoms with van der Waals surface area (Å²) in [7, 11) is 0. The predicted molar refractivity (Wildman–Crippen MR) is 114 cm³/mol. The molecule has 8 nitrogen and oxygen atoms in total. The van der Waals surface area contributed by atoms with E-state index in [9.17, 15) is 14.4 Å². The summed E-state index contributed by atoms with van der Waals surface area (Å²) >= 11 is 0. The minimum atomic E-state index is -1.26. The molecule has 0 saturated carbocycles. The van der Waals surface area contributed by atoms with Gasteiger partial charge >= 0.3 is 18.0 Å². The Bertz CT molecular complexity index is 870. The molecule has 1 aromatic carbocycles. The topological polar surface area (TPSA) is 85.4 Å². The molecule has 2 aliphatic heterocycles. The summed E-state index contributed by atoms with van der Waals surface area (Å²) < 4.78 is 15.7. The van der Waals surface area contributed by atoms with E-state index in [4.69, 9.17) is 14.2 Å². The van der Waals surface area contributed by atoms with E-state index in [1.54, 1.807) is 4.90 Å². The highest BCUT2D eigenvalue weighted by Crippen LogP contribution is 2.24. The fourth-order valence-electron chi connectivity index (χ4n) is 3.40. The summed E-state index contributed by atoms with van der Waals surface area (Å²) in [4.78, 5) is 40.5. The van der Waals surface area contributed by atoms with Crippen LogP contribution in [-0.2, 0) is 30.3 Å². The number of piperazine rings is 1. The van der Waals surface area contributed by atoms with Crippen LogP contribution >= 0.6 is 0 Å². The number of amides is 1. The summed E-state index contributed by atoms with van der Waals surface area (Å²) in [5.74, 6) is -2.63. The molecule has 0 radical (unpaired) electrons. The second-order valence-corrected chi connectivity index (χ2v) is 9.23. The van der Waals surface area contributed by atoms with Crippen molar-refractivity contribution in [1.29, 1.82) is 0 Å². The molecule has 0 aromatic heterocycles. The second-order valence-electron chi connectivity index (χ2n) is 9.23. The van der Waals surface area contributed by atoms with Gasteiger partial charge in [-0.05, 0) is 38.0 Å². The first-order chi connectivity index (χ1) is 14.4. The third-order valence-electron chi connectivity index (χ3n) is 4.81. The van der Waals surface area contributed by atoms with E-state index in [-0.39, 0.29) is 11.7 Å². The molecular formula is C23H30N2O6. The van der Waals surface area contributed by atoms with Crippen LogP contribution in [-0.4, -0.2) is 65.4 Å². The van der Waals surface area contributed by atoms with Crippen molar-refractivity contribution < 1.29 is 28.6 Å². The second kappa shape index (κ2) is 8.70. The SMILES string of the molecule is CC(C)(C)OC(=O)N1CCN(Cc2cccc(C=C3C(=O)OC(C)(C)OC3=O)c2)CC1. The fraction of sp³-hybridized carbons (Fsp3) is 0.522. The van der Waals surface area contributed by atoms with Crippen LogP contribution in [0.3, 0.4) is 0 Å². The molecule has 0 aliphatic carbocycles. The van der Waals surface area contributed by atoms with Crippen LogP contribution in [0.25, 0.3) is 6.08 Å². The molecule has 0 N–H and O–H groups in total. The molecule has 168 valence electrons. The average molecular weight is 431 g/mol. The lowest BCUT2D eigenvalue weighted by Gasteiger charge is -2.35. The number of carbonyl (C=O) groups is 3. The first kappa shape index (κ1) is 22.8. The Hall–Kier alpha value is -2.87. The maximum atomic E-state index is 12.2. The number of ether oxygens (including phenoxy) is 3. The van der Waals surface area contributed by atoms with Gasteiger partial charge in [-0.1, -0.05) is 24.3 Å². The van der Waals surface area contributed by atoms with Crippen LogP contribution in [0, 0.1) is 0 Å².